The first-order valence-corrected chi connectivity index (χ1v) is 15.9. The van der Waals surface area contributed by atoms with E-state index in [1.807, 2.05) is 67.3 Å². The highest BCUT2D eigenvalue weighted by Gasteiger charge is 2.51. The van der Waals surface area contributed by atoms with Gasteiger partial charge in [-0.25, -0.2) is 4.98 Å². The lowest BCUT2D eigenvalue weighted by Gasteiger charge is -2.25. The minimum absolute atomic E-state index is 0.0873. The Labute approximate surface area is 272 Å². The van der Waals surface area contributed by atoms with Gasteiger partial charge in [-0.2, -0.15) is 5.10 Å². The standard InChI is InChI=1S/C36H38N6O5/c1-22-13-24(14-28-21-38-42(3)31(22)28)16-30-34(44)41(2)8-10-47-12-11-46-9-4-5-23-15-29-32(37-20-23)40-35(45)36(29)18-26-7-6-25(33(43)39-30)17-27(26)19-36/h4-7,13-15,17,20-21,30H,8-12,16,18-19H2,1-3H3,(H,39,43)(H,37,40,45)/b5-4-/t30-,36+/m1/s1. The maximum atomic E-state index is 13.8. The summed E-state index contributed by atoms with van der Waals surface area (Å²) in [5, 5.41) is 11.4. The fraction of sp³-hybridized carbons (Fsp3) is 0.361. The number of likely N-dealkylation sites (N-methyl/N-ethyl adjacent to an activating group) is 1. The molecular weight excluding hydrogens is 596 g/mol. The molecule has 3 amide bonds. The molecule has 2 aliphatic heterocycles. The van der Waals surface area contributed by atoms with Gasteiger partial charge in [0.1, 0.15) is 11.9 Å². The second-order valence-corrected chi connectivity index (χ2v) is 12.7. The van der Waals surface area contributed by atoms with Crippen molar-refractivity contribution in [3.8, 4) is 0 Å². The first-order valence-electron chi connectivity index (χ1n) is 15.9. The number of nitrogens with one attached hydrogen (secondary N) is 2. The molecule has 4 heterocycles. The molecule has 5 bridgehead atoms. The molecule has 47 heavy (non-hydrogen) atoms. The van der Waals surface area contributed by atoms with Gasteiger partial charge in [0.2, 0.25) is 11.8 Å². The third-order valence-corrected chi connectivity index (χ3v) is 9.51. The molecule has 0 unspecified atom stereocenters. The first-order chi connectivity index (χ1) is 22.7. The molecule has 7 rings (SSSR count). The molecule has 2 aromatic carbocycles. The SMILES string of the molecule is Cc1cc(C[C@H]2NC(=O)c3ccc4c(c3)C[C@]3(C4)C(=O)Nc4ncc(cc43)/C=C\COCCOCCN(C)C2=O)cc2cnn(C)c12. The van der Waals surface area contributed by atoms with Crippen molar-refractivity contribution in [1.29, 1.82) is 0 Å². The number of carbonyl (C=O) groups is 3. The van der Waals surface area contributed by atoms with E-state index in [1.165, 1.54) is 0 Å². The number of anilines is 1. The maximum absolute atomic E-state index is 13.8. The van der Waals surface area contributed by atoms with Gasteiger partial charge < -0.3 is 25.0 Å². The van der Waals surface area contributed by atoms with Crippen molar-refractivity contribution in [2.24, 2.45) is 7.05 Å². The Morgan fingerprint density at radius 1 is 0.979 bits per heavy atom. The van der Waals surface area contributed by atoms with Crippen LogP contribution in [-0.4, -0.2) is 83.4 Å². The van der Waals surface area contributed by atoms with Crippen LogP contribution < -0.4 is 10.6 Å². The zero-order valence-corrected chi connectivity index (χ0v) is 26.8. The van der Waals surface area contributed by atoms with E-state index in [9.17, 15) is 14.4 Å². The van der Waals surface area contributed by atoms with Crippen molar-refractivity contribution in [1.82, 2.24) is 25.0 Å². The highest BCUT2D eigenvalue weighted by molar-refractivity contribution is 6.06. The molecule has 4 aromatic rings. The lowest BCUT2D eigenvalue weighted by molar-refractivity contribution is -0.132. The van der Waals surface area contributed by atoms with Gasteiger partial charge in [0.15, 0.2) is 0 Å². The summed E-state index contributed by atoms with van der Waals surface area (Å²) in [5.74, 6) is -0.0701. The Bertz CT molecular complexity index is 1930. The average Bonchev–Trinajstić information content (AvgIpc) is 3.71. The van der Waals surface area contributed by atoms with Crippen LogP contribution in [0.2, 0.25) is 0 Å². The molecule has 0 saturated heterocycles. The molecule has 2 aromatic heterocycles. The van der Waals surface area contributed by atoms with E-state index < -0.39 is 11.5 Å². The molecule has 11 heteroatoms. The van der Waals surface area contributed by atoms with Crippen LogP contribution in [0, 0.1) is 6.92 Å². The van der Waals surface area contributed by atoms with E-state index in [2.05, 4.69) is 20.7 Å². The molecule has 2 N–H and O–H groups in total. The predicted octanol–water partition coefficient (Wildman–Crippen LogP) is 3.12. The minimum Gasteiger partial charge on any atom is -0.377 e. The summed E-state index contributed by atoms with van der Waals surface area (Å²) in [5.41, 5.74) is 6.35. The Kier molecular flexibility index (Phi) is 8.11. The quantitative estimate of drug-likeness (QED) is 0.347. The van der Waals surface area contributed by atoms with Crippen LogP contribution in [0.15, 0.2) is 54.9 Å². The lowest BCUT2D eigenvalue weighted by atomic mass is 9.79. The number of fused-ring (bicyclic) bond motifs is 3. The molecule has 242 valence electrons. The summed E-state index contributed by atoms with van der Waals surface area (Å²) in [4.78, 5) is 47.3. The molecule has 2 atom stereocenters. The van der Waals surface area contributed by atoms with Crippen LogP contribution in [-0.2, 0) is 50.8 Å². The molecule has 1 spiro atoms. The first kappa shape index (κ1) is 30.8. The van der Waals surface area contributed by atoms with Crippen LogP contribution in [0.1, 0.15) is 43.7 Å². The van der Waals surface area contributed by atoms with E-state index in [0.717, 1.165) is 44.3 Å². The topological polar surface area (TPSA) is 128 Å². The number of hydrogen-bond acceptors (Lipinski definition) is 7. The van der Waals surface area contributed by atoms with E-state index in [-0.39, 0.29) is 17.7 Å². The van der Waals surface area contributed by atoms with Gasteiger partial charge in [0.25, 0.3) is 5.91 Å². The highest BCUT2D eigenvalue weighted by atomic mass is 16.5. The summed E-state index contributed by atoms with van der Waals surface area (Å²) in [6, 6.07) is 10.8. The number of pyridine rings is 1. The summed E-state index contributed by atoms with van der Waals surface area (Å²) < 4.78 is 13.3. The number of aryl methyl sites for hydroxylation is 2. The Morgan fingerprint density at radius 2 is 1.81 bits per heavy atom. The molecule has 3 aliphatic rings. The monoisotopic (exact) mass is 634 g/mol. The normalized spacial score (nSPS) is 22.6. The number of rotatable bonds is 2. The average molecular weight is 635 g/mol. The number of amides is 3. The van der Waals surface area contributed by atoms with E-state index in [4.69, 9.17) is 9.47 Å². The number of carbonyl (C=O) groups excluding carboxylic acids is 3. The van der Waals surface area contributed by atoms with Crippen molar-refractivity contribution < 1.29 is 23.9 Å². The number of aromatic nitrogens is 3. The predicted molar refractivity (Wildman–Crippen MR) is 177 cm³/mol. The van der Waals surface area contributed by atoms with Crippen molar-refractivity contribution in [2.45, 2.75) is 37.6 Å². The highest BCUT2D eigenvalue weighted by Crippen LogP contribution is 2.47. The minimum atomic E-state index is -0.814. The van der Waals surface area contributed by atoms with Crippen LogP contribution in [0.25, 0.3) is 17.0 Å². The van der Waals surface area contributed by atoms with Crippen LogP contribution in [0.3, 0.4) is 0 Å². The van der Waals surface area contributed by atoms with Gasteiger partial charge in [-0.3, -0.25) is 19.1 Å². The molecule has 0 radical (unpaired) electrons. The van der Waals surface area contributed by atoms with Gasteiger partial charge in [0, 0.05) is 49.8 Å². The summed E-state index contributed by atoms with van der Waals surface area (Å²) in [7, 11) is 3.63. The zero-order chi connectivity index (χ0) is 32.7. The number of benzene rings is 2. The molecule has 11 nitrogen and oxygen atoms in total. The van der Waals surface area contributed by atoms with E-state index in [1.54, 1.807) is 24.2 Å². The number of hydrogen-bond donors (Lipinski definition) is 2. The largest absolute Gasteiger partial charge is 0.377 e. The van der Waals surface area contributed by atoms with Crippen molar-refractivity contribution >= 4 is 40.5 Å². The fourth-order valence-corrected chi connectivity index (χ4v) is 7.11. The lowest BCUT2D eigenvalue weighted by Crippen LogP contribution is -2.49. The fourth-order valence-electron chi connectivity index (χ4n) is 7.11. The smallest absolute Gasteiger partial charge is 0.251 e. The van der Waals surface area contributed by atoms with Crippen LogP contribution in [0.4, 0.5) is 5.82 Å². The Morgan fingerprint density at radius 3 is 2.68 bits per heavy atom. The van der Waals surface area contributed by atoms with Crippen LogP contribution in [0.5, 0.6) is 0 Å². The van der Waals surface area contributed by atoms with Gasteiger partial charge in [-0.15, -0.1) is 0 Å². The maximum Gasteiger partial charge on any atom is 0.251 e. The molecule has 0 saturated carbocycles. The summed E-state index contributed by atoms with van der Waals surface area (Å²) in [6.07, 6.45) is 8.69. The van der Waals surface area contributed by atoms with Crippen molar-refractivity contribution in [2.75, 3.05) is 45.3 Å². The van der Waals surface area contributed by atoms with Gasteiger partial charge in [-0.1, -0.05) is 24.3 Å². The zero-order valence-electron chi connectivity index (χ0n) is 26.8. The molecule has 1 aliphatic carbocycles. The van der Waals surface area contributed by atoms with Gasteiger partial charge >= 0.3 is 0 Å². The molecular formula is C36H38N6O5. The summed E-state index contributed by atoms with van der Waals surface area (Å²) in [6.45, 7) is 3.91. The second-order valence-electron chi connectivity index (χ2n) is 12.7. The van der Waals surface area contributed by atoms with Gasteiger partial charge in [-0.05, 0) is 71.8 Å². The van der Waals surface area contributed by atoms with E-state index >= 15 is 0 Å². The van der Waals surface area contributed by atoms with Crippen molar-refractivity contribution in [3.63, 3.8) is 0 Å². The van der Waals surface area contributed by atoms with Crippen LogP contribution >= 0.6 is 0 Å². The third-order valence-electron chi connectivity index (χ3n) is 9.51. The number of ether oxygens (including phenoxy) is 2. The summed E-state index contributed by atoms with van der Waals surface area (Å²) >= 11 is 0. The van der Waals surface area contributed by atoms with Gasteiger partial charge in [0.05, 0.1) is 43.6 Å². The number of nitrogens with zero attached hydrogens (tertiary/aromatic N) is 4. The Hall–Kier alpha value is -4.87. The Balaban J connectivity index is 1.20. The second kappa shape index (κ2) is 12.4. The third kappa shape index (κ3) is 5.81. The molecule has 0 fully saturated rings. The van der Waals surface area contributed by atoms with E-state index in [0.29, 0.717) is 63.6 Å². The van der Waals surface area contributed by atoms with Crippen molar-refractivity contribution in [3.05, 3.63) is 93.8 Å².